The summed E-state index contributed by atoms with van der Waals surface area (Å²) >= 11 is 0. The summed E-state index contributed by atoms with van der Waals surface area (Å²) < 4.78 is 1.73. The molecule has 0 saturated heterocycles. The van der Waals surface area contributed by atoms with Gasteiger partial charge in [-0.25, -0.2) is 4.68 Å². The van der Waals surface area contributed by atoms with E-state index in [1.54, 1.807) is 102 Å². The van der Waals surface area contributed by atoms with Gasteiger partial charge in [0.15, 0.2) is 11.5 Å². The SMILES string of the molecule is N#Cc1ccc(-n2cc(/C=C/c3ccc(N=Nc4c(O)c(C(=O)Nc5ccc(N=Nc6ccccc6)cc5)cc5ccccc45)cc3)c(-c3cccc(N=Nc4c(O)c(C(=O)Nc5ccc(N=Nc6ccccc6)cc5)cc5ccccc45)c3)n2)cc1. The van der Waals surface area contributed by atoms with Gasteiger partial charge in [-0.2, -0.15) is 41.0 Å². The van der Waals surface area contributed by atoms with Crippen LogP contribution >= 0.6 is 0 Å². The maximum atomic E-state index is 13.8. The Balaban J connectivity index is 0.778. The molecule has 0 atom stereocenters. The van der Waals surface area contributed by atoms with Crippen molar-refractivity contribution in [1.82, 2.24) is 9.78 Å². The van der Waals surface area contributed by atoms with Gasteiger partial charge in [-0.05, 0) is 150 Å². The van der Waals surface area contributed by atoms with E-state index in [0.717, 1.165) is 16.8 Å². The van der Waals surface area contributed by atoms with Gasteiger partial charge in [-0.15, -0.1) is 10.2 Å². The Bertz CT molecular complexity index is 4730. The Morgan fingerprint density at radius 1 is 0.448 bits per heavy atom. The van der Waals surface area contributed by atoms with E-state index in [9.17, 15) is 25.1 Å². The molecule has 17 heteroatoms. The molecular weight excluding hydrogens is 1090 g/mol. The number of phenolic OH excluding ortho intramolecular Hbond substituents is 2. The number of anilines is 2. The molecule has 0 saturated carbocycles. The number of nitrogens with zero attached hydrogens (tertiary/aromatic N) is 11. The van der Waals surface area contributed by atoms with Gasteiger partial charge in [-0.1, -0.05) is 121 Å². The molecule has 87 heavy (non-hydrogen) atoms. The number of nitriles is 1. The van der Waals surface area contributed by atoms with Gasteiger partial charge in [-0.3, -0.25) is 9.59 Å². The molecule has 4 N–H and O–H groups in total. The molecule has 0 aliphatic heterocycles. The fourth-order valence-corrected chi connectivity index (χ4v) is 9.35. The van der Waals surface area contributed by atoms with Crippen LogP contribution in [0.15, 0.2) is 290 Å². The first kappa shape index (κ1) is 54.9. The third-order valence-corrected chi connectivity index (χ3v) is 13.8. The fraction of sp³-hybridized carbons (Fsp3) is 0. The Labute approximate surface area is 497 Å². The van der Waals surface area contributed by atoms with Crippen molar-refractivity contribution in [3.8, 4) is 34.5 Å². The minimum atomic E-state index is -0.546. The molecule has 12 aromatic rings. The van der Waals surface area contributed by atoms with Crippen molar-refractivity contribution in [1.29, 1.82) is 5.26 Å². The second kappa shape index (κ2) is 25.2. The Morgan fingerprint density at radius 3 is 1.39 bits per heavy atom. The van der Waals surface area contributed by atoms with Gasteiger partial charge in [0.05, 0.1) is 62.6 Å². The molecule has 0 bridgehead atoms. The third-order valence-electron chi connectivity index (χ3n) is 13.8. The predicted molar refractivity (Wildman–Crippen MR) is 339 cm³/mol. The van der Waals surface area contributed by atoms with Crippen LogP contribution in [-0.2, 0) is 0 Å². The zero-order valence-electron chi connectivity index (χ0n) is 46.0. The minimum absolute atomic E-state index is 0.00919. The molecule has 1 aromatic heterocycles. The molecule has 0 aliphatic rings. The van der Waals surface area contributed by atoms with Crippen LogP contribution in [0.2, 0.25) is 0 Å². The lowest BCUT2D eigenvalue weighted by molar-refractivity contribution is 0.101. The van der Waals surface area contributed by atoms with Crippen LogP contribution in [-0.4, -0.2) is 31.8 Å². The van der Waals surface area contributed by atoms with Gasteiger partial charge < -0.3 is 20.8 Å². The molecule has 0 aliphatic carbocycles. The number of benzene rings is 11. The summed E-state index contributed by atoms with van der Waals surface area (Å²) in [7, 11) is 0. The summed E-state index contributed by atoms with van der Waals surface area (Å²) in [4.78, 5) is 27.5. The average molecular weight is 1130 g/mol. The number of hydrogen-bond donors (Lipinski definition) is 4. The minimum Gasteiger partial charge on any atom is -0.505 e. The monoisotopic (exact) mass is 1130 g/mol. The summed E-state index contributed by atoms with van der Waals surface area (Å²) in [5.41, 5.74) is 8.98. The summed E-state index contributed by atoms with van der Waals surface area (Å²) in [6.45, 7) is 0. The van der Waals surface area contributed by atoms with Crippen LogP contribution in [0.4, 0.5) is 56.9 Å². The van der Waals surface area contributed by atoms with Crippen LogP contribution in [0.5, 0.6) is 11.5 Å². The van der Waals surface area contributed by atoms with Gasteiger partial charge in [0, 0.05) is 39.5 Å². The topological polar surface area (TPSA) is 239 Å². The van der Waals surface area contributed by atoms with Gasteiger partial charge in [0.1, 0.15) is 17.1 Å². The van der Waals surface area contributed by atoms with E-state index < -0.39 is 11.8 Å². The van der Waals surface area contributed by atoms with Crippen LogP contribution in [0, 0.1) is 11.3 Å². The number of aromatic hydroxyl groups is 2. The molecule has 17 nitrogen and oxygen atoms in total. The van der Waals surface area contributed by atoms with Crippen molar-refractivity contribution in [2.45, 2.75) is 0 Å². The van der Waals surface area contributed by atoms with Gasteiger partial charge >= 0.3 is 0 Å². The zero-order valence-corrected chi connectivity index (χ0v) is 46.0. The number of hydrogen-bond acceptors (Lipinski definition) is 14. The second-order valence-corrected chi connectivity index (χ2v) is 19.7. The maximum Gasteiger partial charge on any atom is 0.259 e. The molecule has 0 radical (unpaired) electrons. The normalized spacial score (nSPS) is 11.6. The van der Waals surface area contributed by atoms with Gasteiger partial charge in [0.25, 0.3) is 11.8 Å². The smallest absolute Gasteiger partial charge is 0.259 e. The highest BCUT2D eigenvalue weighted by molar-refractivity contribution is 6.13. The highest BCUT2D eigenvalue weighted by atomic mass is 16.3. The lowest BCUT2D eigenvalue weighted by Gasteiger charge is -2.11. The Hall–Kier alpha value is -12.7. The number of nitrogens with one attached hydrogen (secondary N) is 2. The number of aromatic nitrogens is 2. The first-order valence-electron chi connectivity index (χ1n) is 27.3. The zero-order chi connectivity index (χ0) is 59.5. The molecule has 12 rings (SSSR count). The summed E-state index contributed by atoms with van der Waals surface area (Å²) in [5.74, 6) is -1.74. The van der Waals surface area contributed by atoms with E-state index in [0.29, 0.717) is 83.9 Å². The summed E-state index contributed by atoms with van der Waals surface area (Å²) in [6, 6.07) is 74.3. The largest absolute Gasteiger partial charge is 0.505 e. The third kappa shape index (κ3) is 12.9. The predicted octanol–water partition coefficient (Wildman–Crippen LogP) is 19.5. The number of azo groups is 4. The van der Waals surface area contributed by atoms with Crippen molar-refractivity contribution in [2.75, 3.05) is 10.6 Å². The quantitative estimate of drug-likeness (QED) is 0.0686. The number of rotatable bonds is 16. The molecule has 0 spiro atoms. The number of carbonyl (C=O) groups is 2. The molecule has 0 fully saturated rings. The van der Waals surface area contributed by atoms with E-state index >= 15 is 0 Å². The summed E-state index contributed by atoms with van der Waals surface area (Å²) in [6.07, 6.45) is 5.76. The van der Waals surface area contributed by atoms with E-state index in [1.807, 2.05) is 164 Å². The first-order valence-corrected chi connectivity index (χ1v) is 27.3. The Morgan fingerprint density at radius 2 is 0.885 bits per heavy atom. The second-order valence-electron chi connectivity index (χ2n) is 19.7. The van der Waals surface area contributed by atoms with E-state index in [1.165, 1.54) is 0 Å². The van der Waals surface area contributed by atoms with Crippen molar-refractivity contribution >= 4 is 102 Å². The molecule has 11 aromatic carbocycles. The molecule has 0 unspecified atom stereocenters. The van der Waals surface area contributed by atoms with E-state index in [4.69, 9.17) is 5.10 Å². The van der Waals surface area contributed by atoms with Crippen LogP contribution in [0.3, 0.4) is 0 Å². The molecule has 2 amide bonds. The first-order chi connectivity index (χ1) is 42.7. The van der Waals surface area contributed by atoms with Crippen LogP contribution in [0.1, 0.15) is 37.4 Å². The molecular formula is C70H47N13O4. The van der Waals surface area contributed by atoms with E-state index in [2.05, 4.69) is 57.6 Å². The lowest BCUT2D eigenvalue weighted by atomic mass is 10.0. The highest BCUT2D eigenvalue weighted by Crippen LogP contribution is 2.42. The van der Waals surface area contributed by atoms with Crippen molar-refractivity contribution in [2.24, 2.45) is 40.9 Å². The molecule has 416 valence electrons. The van der Waals surface area contributed by atoms with E-state index in [-0.39, 0.29) is 34.0 Å². The van der Waals surface area contributed by atoms with Crippen LogP contribution in [0.25, 0.3) is 50.6 Å². The number of phenols is 2. The maximum absolute atomic E-state index is 13.8. The highest BCUT2D eigenvalue weighted by Gasteiger charge is 2.21. The fourth-order valence-electron chi connectivity index (χ4n) is 9.35. The summed E-state index contributed by atoms with van der Waals surface area (Å²) in [5, 5.41) is 81.3. The number of carbonyl (C=O) groups excluding carboxylic acids is 2. The number of fused-ring (bicyclic) bond motifs is 2. The van der Waals surface area contributed by atoms with Gasteiger partial charge in [0.2, 0.25) is 0 Å². The van der Waals surface area contributed by atoms with Crippen molar-refractivity contribution in [3.63, 3.8) is 0 Å². The lowest BCUT2D eigenvalue weighted by Crippen LogP contribution is -2.12. The molecule has 1 heterocycles. The van der Waals surface area contributed by atoms with Crippen molar-refractivity contribution < 1.29 is 19.8 Å². The standard InChI is InChI=1S/C70H47N13O4/c71-43-46-25-38-59(39-26-46)83-44-50(27-22-45-23-28-55(29-24-45)78-80-65-60-20-9-7-12-47(60)41-62(67(65)84)69(86)72-51-30-34-56(35-31-51)76-74-53-15-3-1-4-16-53)64(82-83)49-14-11-19-58(40-49)79-81-66-61-21-10-8-13-48(61)42-63(68(66)85)70(87)73-52-32-36-57(37-33-52)77-75-54-17-5-2-6-18-54/h1-42,44,84-85H,(H,72,86)(H,73,87)/b27-22+,76-74?,77-75?,80-78?,81-79?. The number of amides is 2. The van der Waals surface area contributed by atoms with Crippen molar-refractivity contribution in [3.05, 3.63) is 277 Å². The average Bonchev–Trinajstić information content (AvgIpc) is 1.94. The Kier molecular flexibility index (Phi) is 15.9. The van der Waals surface area contributed by atoms with Crippen LogP contribution < -0.4 is 10.6 Å².